The smallest absolute Gasteiger partial charge is 0.264 e. The zero-order chi connectivity index (χ0) is 27.7. The van der Waals surface area contributed by atoms with Crippen molar-refractivity contribution in [2.24, 2.45) is 0 Å². The van der Waals surface area contributed by atoms with Crippen molar-refractivity contribution in [3.05, 3.63) is 89.4 Å². The number of anilines is 1. The van der Waals surface area contributed by atoms with Crippen LogP contribution in [0.1, 0.15) is 25.8 Å². The Hall–Kier alpha value is -3.56. The van der Waals surface area contributed by atoms with Crippen LogP contribution < -0.4 is 14.4 Å². The van der Waals surface area contributed by atoms with Crippen LogP contribution in [0.5, 0.6) is 5.75 Å². The summed E-state index contributed by atoms with van der Waals surface area (Å²) in [6.45, 7) is 3.60. The molecule has 0 spiro atoms. The van der Waals surface area contributed by atoms with Crippen LogP contribution in [0, 0.1) is 0 Å². The fourth-order valence-corrected chi connectivity index (χ4v) is 5.34. The summed E-state index contributed by atoms with van der Waals surface area (Å²) in [4.78, 5) is 28.1. The molecule has 1 atom stereocenters. The van der Waals surface area contributed by atoms with Gasteiger partial charge in [-0.25, -0.2) is 8.42 Å². The van der Waals surface area contributed by atoms with Crippen molar-refractivity contribution in [2.45, 2.75) is 37.8 Å². The van der Waals surface area contributed by atoms with Crippen LogP contribution in [0.2, 0.25) is 5.02 Å². The third kappa shape index (κ3) is 7.26. The second-order valence-electron chi connectivity index (χ2n) is 8.64. The van der Waals surface area contributed by atoms with Crippen LogP contribution in [0.3, 0.4) is 0 Å². The number of hydrogen-bond acceptors (Lipinski definition) is 5. The van der Waals surface area contributed by atoms with Crippen molar-refractivity contribution in [1.29, 1.82) is 0 Å². The van der Waals surface area contributed by atoms with E-state index in [1.54, 1.807) is 62.6 Å². The molecule has 0 aliphatic heterocycles. The molecule has 10 heteroatoms. The van der Waals surface area contributed by atoms with Crippen LogP contribution in [0.4, 0.5) is 5.69 Å². The number of nitrogens with one attached hydrogen (secondary N) is 1. The van der Waals surface area contributed by atoms with Gasteiger partial charge in [0.2, 0.25) is 11.8 Å². The maximum atomic E-state index is 13.8. The van der Waals surface area contributed by atoms with Crippen LogP contribution >= 0.6 is 11.6 Å². The first-order chi connectivity index (χ1) is 18.2. The normalized spacial score (nSPS) is 11.9. The van der Waals surface area contributed by atoms with Gasteiger partial charge in [0.1, 0.15) is 18.3 Å². The molecule has 0 aliphatic rings. The monoisotopic (exact) mass is 557 g/mol. The lowest BCUT2D eigenvalue weighted by Crippen LogP contribution is -2.51. The van der Waals surface area contributed by atoms with Gasteiger partial charge in [-0.1, -0.05) is 48.9 Å². The molecule has 8 nitrogen and oxygen atoms in total. The summed E-state index contributed by atoms with van der Waals surface area (Å²) >= 11 is 5.97. The third-order valence-corrected chi connectivity index (χ3v) is 7.97. The Balaban J connectivity index is 1.99. The summed E-state index contributed by atoms with van der Waals surface area (Å²) in [5.74, 6) is -0.252. The van der Waals surface area contributed by atoms with Gasteiger partial charge in [0.25, 0.3) is 10.0 Å². The molecule has 0 fully saturated rings. The Morgan fingerprint density at radius 3 is 2.32 bits per heavy atom. The summed E-state index contributed by atoms with van der Waals surface area (Å²) in [5.41, 5.74) is 1.06. The van der Waals surface area contributed by atoms with Gasteiger partial charge in [0.05, 0.1) is 17.7 Å². The fraction of sp³-hybridized carbons (Fsp3) is 0.286. The second-order valence-corrected chi connectivity index (χ2v) is 10.9. The molecular weight excluding hydrogens is 526 g/mol. The van der Waals surface area contributed by atoms with Crippen LogP contribution in [-0.2, 0) is 26.2 Å². The molecule has 0 aliphatic carbocycles. The standard InChI is InChI=1S/C28H32ClN3O5S/c1-4-17-30-28(34)21(2)31(19-22-9-8-12-25(18-22)37-3)27(33)20-32(24-10-6-5-7-11-24)38(35,36)26-15-13-23(29)14-16-26/h5-16,18,21H,4,17,19-20H2,1-3H3,(H,30,34). The Morgan fingerprint density at radius 1 is 1.00 bits per heavy atom. The minimum Gasteiger partial charge on any atom is -0.497 e. The number of methoxy groups -OCH3 is 1. The van der Waals surface area contributed by atoms with E-state index in [4.69, 9.17) is 16.3 Å². The summed E-state index contributed by atoms with van der Waals surface area (Å²) in [6, 6.07) is 20.4. The van der Waals surface area contributed by atoms with Gasteiger partial charge >= 0.3 is 0 Å². The van der Waals surface area contributed by atoms with Crippen molar-refractivity contribution in [2.75, 3.05) is 24.5 Å². The molecule has 0 heterocycles. The number of sulfonamides is 1. The van der Waals surface area contributed by atoms with Crippen LogP contribution in [0.25, 0.3) is 0 Å². The van der Waals surface area contributed by atoms with Gasteiger partial charge in [-0.2, -0.15) is 0 Å². The van der Waals surface area contributed by atoms with Gasteiger partial charge in [-0.3, -0.25) is 13.9 Å². The molecular formula is C28H32ClN3O5S. The van der Waals surface area contributed by atoms with Crippen molar-refractivity contribution in [3.8, 4) is 5.75 Å². The van der Waals surface area contributed by atoms with Crippen LogP contribution in [-0.4, -0.2) is 51.4 Å². The highest BCUT2D eigenvalue weighted by Crippen LogP contribution is 2.25. The number of halogens is 1. The lowest BCUT2D eigenvalue weighted by molar-refractivity contribution is -0.139. The number of benzene rings is 3. The lowest BCUT2D eigenvalue weighted by Gasteiger charge is -2.32. The van der Waals surface area contributed by atoms with Gasteiger partial charge in [0.15, 0.2) is 0 Å². The topological polar surface area (TPSA) is 96.0 Å². The first-order valence-electron chi connectivity index (χ1n) is 12.2. The lowest BCUT2D eigenvalue weighted by atomic mass is 10.1. The van der Waals surface area contributed by atoms with Gasteiger partial charge in [-0.15, -0.1) is 0 Å². The number of para-hydroxylation sites is 1. The molecule has 3 aromatic rings. The highest BCUT2D eigenvalue weighted by atomic mass is 35.5. The fourth-order valence-electron chi connectivity index (χ4n) is 3.80. The largest absolute Gasteiger partial charge is 0.497 e. The molecule has 3 aromatic carbocycles. The quantitative estimate of drug-likeness (QED) is 0.354. The maximum Gasteiger partial charge on any atom is 0.264 e. The number of carbonyl (C=O) groups is 2. The Bertz CT molecular complexity index is 1330. The van der Waals surface area contributed by atoms with E-state index in [9.17, 15) is 18.0 Å². The van der Waals surface area contributed by atoms with Crippen molar-refractivity contribution >= 4 is 39.1 Å². The molecule has 0 saturated carbocycles. The summed E-state index contributed by atoms with van der Waals surface area (Å²) in [6.07, 6.45) is 0.739. The number of amides is 2. The Kier molecular flexibility index (Phi) is 10.2. The minimum atomic E-state index is -4.14. The van der Waals surface area contributed by atoms with Crippen molar-refractivity contribution < 1.29 is 22.7 Å². The predicted octanol–water partition coefficient (Wildman–Crippen LogP) is 4.49. The number of hydrogen-bond donors (Lipinski definition) is 1. The Morgan fingerprint density at radius 2 is 1.68 bits per heavy atom. The SMILES string of the molecule is CCCNC(=O)C(C)N(Cc1cccc(OC)c1)C(=O)CN(c1ccccc1)S(=O)(=O)c1ccc(Cl)cc1. The first kappa shape index (κ1) is 29.0. The number of carbonyl (C=O) groups excluding carboxylic acids is 2. The van der Waals surface area contributed by atoms with E-state index < -0.39 is 28.5 Å². The number of nitrogens with zero attached hydrogens (tertiary/aromatic N) is 2. The van der Waals surface area contributed by atoms with E-state index >= 15 is 0 Å². The van der Waals surface area contributed by atoms with Crippen LogP contribution in [0.15, 0.2) is 83.8 Å². The van der Waals surface area contributed by atoms with E-state index in [0.717, 1.165) is 16.3 Å². The van der Waals surface area contributed by atoms with Gasteiger partial charge < -0.3 is 15.0 Å². The minimum absolute atomic E-state index is 0.00774. The summed E-state index contributed by atoms with van der Waals surface area (Å²) in [5, 5.41) is 3.21. The zero-order valence-electron chi connectivity index (χ0n) is 21.6. The molecule has 3 rings (SSSR count). The van der Waals surface area contributed by atoms with Gasteiger partial charge in [-0.05, 0) is 67.4 Å². The zero-order valence-corrected chi connectivity index (χ0v) is 23.2. The third-order valence-electron chi connectivity index (χ3n) is 5.93. The van der Waals surface area contributed by atoms with E-state index in [1.807, 2.05) is 13.0 Å². The molecule has 2 amide bonds. The van der Waals surface area contributed by atoms with E-state index in [0.29, 0.717) is 23.0 Å². The highest BCUT2D eigenvalue weighted by molar-refractivity contribution is 7.92. The molecule has 1 N–H and O–H groups in total. The molecule has 0 saturated heterocycles. The summed E-state index contributed by atoms with van der Waals surface area (Å²) < 4.78 is 33.8. The molecule has 202 valence electrons. The summed E-state index contributed by atoms with van der Waals surface area (Å²) in [7, 11) is -2.59. The van der Waals surface area contributed by atoms with Gasteiger partial charge in [0, 0.05) is 18.1 Å². The number of rotatable bonds is 12. The molecule has 0 bridgehead atoms. The van der Waals surface area contributed by atoms with Crippen molar-refractivity contribution in [3.63, 3.8) is 0 Å². The van der Waals surface area contributed by atoms with E-state index in [-0.39, 0.29) is 17.3 Å². The molecule has 38 heavy (non-hydrogen) atoms. The Labute approximate surface area is 229 Å². The van der Waals surface area contributed by atoms with Crippen molar-refractivity contribution in [1.82, 2.24) is 10.2 Å². The predicted molar refractivity (Wildman–Crippen MR) is 149 cm³/mol. The first-order valence-corrected chi connectivity index (χ1v) is 14.0. The van der Waals surface area contributed by atoms with E-state index in [2.05, 4.69) is 5.32 Å². The highest BCUT2D eigenvalue weighted by Gasteiger charge is 2.32. The van der Waals surface area contributed by atoms with E-state index in [1.165, 1.54) is 29.2 Å². The second kappa shape index (κ2) is 13.3. The average Bonchev–Trinajstić information content (AvgIpc) is 2.93. The number of ether oxygens (including phenoxy) is 1. The molecule has 0 aromatic heterocycles. The molecule has 1 unspecified atom stereocenters. The maximum absolute atomic E-state index is 13.8. The molecule has 0 radical (unpaired) electrons. The average molecular weight is 558 g/mol.